The number of nitrogen functional groups attached to an aromatic ring is 1. The zero-order valence-electron chi connectivity index (χ0n) is 12.0. The van der Waals surface area contributed by atoms with Crippen molar-refractivity contribution in [3.8, 4) is 0 Å². The maximum absolute atomic E-state index is 5.76. The van der Waals surface area contributed by atoms with E-state index in [4.69, 9.17) is 5.73 Å². The summed E-state index contributed by atoms with van der Waals surface area (Å²) in [5.41, 5.74) is 9.99. The molecule has 20 heavy (non-hydrogen) atoms. The van der Waals surface area contributed by atoms with Gasteiger partial charge < -0.3 is 11.1 Å². The maximum Gasteiger partial charge on any atom is 0.0565 e. The number of nitrogens with one attached hydrogen (secondary N) is 1. The average Bonchev–Trinajstić information content (AvgIpc) is 2.48. The minimum atomic E-state index is 0.196. The van der Waals surface area contributed by atoms with Crippen LogP contribution in [-0.4, -0.2) is 12.8 Å². The second kappa shape index (κ2) is 6.75. The highest BCUT2D eigenvalue weighted by atomic mass is 14.9. The summed E-state index contributed by atoms with van der Waals surface area (Å²) < 4.78 is 0. The third-order valence-electron chi connectivity index (χ3n) is 3.33. The van der Waals surface area contributed by atoms with Crippen LogP contribution >= 0.6 is 0 Å². The van der Waals surface area contributed by atoms with Crippen molar-refractivity contribution in [3.63, 3.8) is 0 Å². The fraction of sp³-hybridized carbons (Fsp3) is 0.235. The van der Waals surface area contributed by atoms with Gasteiger partial charge in [-0.3, -0.25) is 4.99 Å². The molecule has 2 aromatic rings. The minimum absolute atomic E-state index is 0.196. The standard InChI is InChI=1S/C17H21N3/c1-13(19-2)12-17(14-8-10-15(18)11-9-14)20-16-6-4-3-5-7-16/h3-11,17,20H,12,18H2,1-2H3. The van der Waals surface area contributed by atoms with Gasteiger partial charge in [0.15, 0.2) is 0 Å². The molecule has 3 heteroatoms. The fourth-order valence-electron chi connectivity index (χ4n) is 2.10. The van der Waals surface area contributed by atoms with Crippen LogP contribution in [-0.2, 0) is 0 Å². The third kappa shape index (κ3) is 3.85. The molecular weight excluding hydrogens is 246 g/mol. The lowest BCUT2D eigenvalue weighted by molar-refractivity contribution is 0.818. The minimum Gasteiger partial charge on any atom is -0.399 e. The highest BCUT2D eigenvalue weighted by Gasteiger charge is 2.12. The lowest BCUT2D eigenvalue weighted by Gasteiger charge is -2.20. The molecule has 2 aromatic carbocycles. The lowest BCUT2D eigenvalue weighted by Crippen LogP contribution is -2.14. The number of anilines is 2. The summed E-state index contributed by atoms with van der Waals surface area (Å²) in [5.74, 6) is 0. The van der Waals surface area contributed by atoms with Crippen molar-refractivity contribution in [2.24, 2.45) is 4.99 Å². The van der Waals surface area contributed by atoms with Crippen LogP contribution in [0.15, 0.2) is 59.6 Å². The van der Waals surface area contributed by atoms with Crippen molar-refractivity contribution < 1.29 is 0 Å². The molecule has 1 atom stereocenters. The Hall–Kier alpha value is -2.29. The van der Waals surface area contributed by atoms with E-state index < -0.39 is 0 Å². The molecule has 0 aliphatic carbocycles. The number of nitrogens with zero attached hydrogens (tertiary/aromatic N) is 1. The van der Waals surface area contributed by atoms with E-state index in [2.05, 4.69) is 41.5 Å². The first-order chi connectivity index (χ1) is 9.69. The molecule has 0 spiro atoms. The smallest absolute Gasteiger partial charge is 0.0565 e. The molecule has 0 aromatic heterocycles. The normalized spacial score (nSPS) is 13.0. The lowest BCUT2D eigenvalue weighted by atomic mass is 10.0. The largest absolute Gasteiger partial charge is 0.399 e. The third-order valence-corrected chi connectivity index (χ3v) is 3.33. The second-order valence-corrected chi connectivity index (χ2v) is 4.89. The molecule has 3 nitrogen and oxygen atoms in total. The predicted molar refractivity (Wildman–Crippen MR) is 87.3 cm³/mol. The summed E-state index contributed by atoms with van der Waals surface area (Å²) in [6.45, 7) is 2.05. The molecule has 104 valence electrons. The van der Waals surface area contributed by atoms with Crippen molar-refractivity contribution in [2.75, 3.05) is 18.1 Å². The Morgan fingerprint density at radius 2 is 1.75 bits per heavy atom. The molecule has 0 saturated carbocycles. The average molecular weight is 267 g/mol. The van der Waals surface area contributed by atoms with Gasteiger partial charge in [-0.15, -0.1) is 0 Å². The number of hydrogen-bond donors (Lipinski definition) is 2. The molecular formula is C17H21N3. The summed E-state index contributed by atoms with van der Waals surface area (Å²) in [5, 5.41) is 3.56. The summed E-state index contributed by atoms with van der Waals surface area (Å²) >= 11 is 0. The van der Waals surface area contributed by atoms with Gasteiger partial charge in [0.1, 0.15) is 0 Å². The quantitative estimate of drug-likeness (QED) is 0.637. The fourth-order valence-corrected chi connectivity index (χ4v) is 2.10. The Kier molecular flexibility index (Phi) is 4.77. The number of para-hydroxylation sites is 1. The van der Waals surface area contributed by atoms with Crippen LogP contribution < -0.4 is 11.1 Å². The summed E-state index contributed by atoms with van der Waals surface area (Å²) in [7, 11) is 1.83. The maximum atomic E-state index is 5.76. The van der Waals surface area contributed by atoms with Gasteiger partial charge in [0.2, 0.25) is 0 Å². The monoisotopic (exact) mass is 267 g/mol. The van der Waals surface area contributed by atoms with Crippen molar-refractivity contribution >= 4 is 17.1 Å². The van der Waals surface area contributed by atoms with E-state index in [0.29, 0.717) is 0 Å². The number of nitrogens with two attached hydrogens (primary N) is 1. The predicted octanol–water partition coefficient (Wildman–Crippen LogP) is 3.90. The second-order valence-electron chi connectivity index (χ2n) is 4.89. The molecule has 0 aliphatic heterocycles. The van der Waals surface area contributed by atoms with Gasteiger partial charge in [0.25, 0.3) is 0 Å². The summed E-state index contributed by atoms with van der Waals surface area (Å²) in [4.78, 5) is 4.26. The van der Waals surface area contributed by atoms with Crippen LogP contribution in [0.25, 0.3) is 0 Å². The van der Waals surface area contributed by atoms with E-state index in [1.807, 2.05) is 37.4 Å². The van der Waals surface area contributed by atoms with Gasteiger partial charge in [0.05, 0.1) is 6.04 Å². The van der Waals surface area contributed by atoms with E-state index in [1.54, 1.807) is 0 Å². The van der Waals surface area contributed by atoms with Crippen LogP contribution in [0.1, 0.15) is 24.9 Å². The van der Waals surface area contributed by atoms with Crippen LogP contribution in [0.5, 0.6) is 0 Å². The molecule has 2 rings (SSSR count). The number of rotatable bonds is 5. The van der Waals surface area contributed by atoms with E-state index in [9.17, 15) is 0 Å². The number of aliphatic imine (C=N–C) groups is 1. The van der Waals surface area contributed by atoms with Gasteiger partial charge in [-0.25, -0.2) is 0 Å². The van der Waals surface area contributed by atoms with E-state index in [0.717, 1.165) is 23.5 Å². The Morgan fingerprint density at radius 3 is 2.35 bits per heavy atom. The molecule has 3 N–H and O–H groups in total. The Morgan fingerprint density at radius 1 is 1.10 bits per heavy atom. The van der Waals surface area contributed by atoms with Crippen molar-refractivity contribution in [2.45, 2.75) is 19.4 Å². The van der Waals surface area contributed by atoms with Crippen molar-refractivity contribution in [1.29, 1.82) is 0 Å². The van der Waals surface area contributed by atoms with Crippen molar-refractivity contribution in [3.05, 3.63) is 60.2 Å². The molecule has 0 bridgehead atoms. The number of benzene rings is 2. The zero-order chi connectivity index (χ0) is 14.4. The first-order valence-corrected chi connectivity index (χ1v) is 6.78. The van der Waals surface area contributed by atoms with E-state index in [1.165, 1.54) is 5.56 Å². The van der Waals surface area contributed by atoms with Crippen molar-refractivity contribution in [1.82, 2.24) is 0 Å². The van der Waals surface area contributed by atoms with E-state index in [-0.39, 0.29) is 6.04 Å². The van der Waals surface area contributed by atoms with Gasteiger partial charge in [-0.05, 0) is 36.8 Å². The van der Waals surface area contributed by atoms with Gasteiger partial charge >= 0.3 is 0 Å². The Balaban J connectivity index is 2.22. The van der Waals surface area contributed by atoms with Gasteiger partial charge in [-0.1, -0.05) is 30.3 Å². The van der Waals surface area contributed by atoms with Crippen LogP contribution in [0, 0.1) is 0 Å². The molecule has 0 aliphatic rings. The molecule has 0 heterocycles. The molecule has 1 unspecified atom stereocenters. The molecule has 0 radical (unpaired) electrons. The van der Waals surface area contributed by atoms with Gasteiger partial charge in [-0.2, -0.15) is 0 Å². The first-order valence-electron chi connectivity index (χ1n) is 6.78. The highest BCUT2D eigenvalue weighted by Crippen LogP contribution is 2.24. The molecule has 0 fully saturated rings. The van der Waals surface area contributed by atoms with Crippen LogP contribution in [0.4, 0.5) is 11.4 Å². The highest BCUT2D eigenvalue weighted by molar-refractivity contribution is 5.83. The van der Waals surface area contributed by atoms with E-state index >= 15 is 0 Å². The summed E-state index contributed by atoms with van der Waals surface area (Å²) in [6.07, 6.45) is 0.870. The zero-order valence-corrected chi connectivity index (χ0v) is 12.0. The first kappa shape index (κ1) is 14.1. The van der Waals surface area contributed by atoms with Gasteiger partial charge in [0, 0.05) is 30.6 Å². The Labute approximate surface area is 120 Å². The van der Waals surface area contributed by atoms with Crippen LogP contribution in [0.2, 0.25) is 0 Å². The topological polar surface area (TPSA) is 50.4 Å². The summed E-state index contributed by atoms with van der Waals surface area (Å²) in [6, 6.07) is 18.4. The molecule has 0 saturated heterocycles. The Bertz CT molecular complexity index is 559. The SMILES string of the molecule is CN=C(C)CC(Nc1ccccc1)c1ccc(N)cc1. The number of hydrogen-bond acceptors (Lipinski definition) is 3. The molecule has 0 amide bonds. The van der Waals surface area contributed by atoms with Crippen LogP contribution in [0.3, 0.4) is 0 Å².